The van der Waals surface area contributed by atoms with Crippen molar-refractivity contribution in [2.45, 2.75) is 10.5 Å². The molecule has 0 spiro atoms. The van der Waals surface area contributed by atoms with Crippen molar-refractivity contribution >= 4 is 0 Å². The third-order valence-electron chi connectivity index (χ3n) is 3.14. The fourth-order valence-electron chi connectivity index (χ4n) is 2.39. The van der Waals surface area contributed by atoms with E-state index in [1.807, 2.05) is 0 Å². The molecule has 0 unspecified atom stereocenters. The Balaban J connectivity index is 2.26. The first-order valence-corrected chi connectivity index (χ1v) is 6.97. The zero-order chi connectivity index (χ0) is 10.3. The molecule has 3 rings (SSSR count). The second kappa shape index (κ2) is 3.72. The normalized spacial score (nSPS) is 12.2. The van der Waals surface area contributed by atoms with Crippen LogP contribution in [0.2, 0.25) is 0 Å². The molecule has 0 aromatic heterocycles. The van der Waals surface area contributed by atoms with Gasteiger partial charge in [0.1, 0.15) is 0 Å². The average Bonchev–Trinajstić information content (AvgIpc) is 2.67. The van der Waals surface area contributed by atoms with E-state index in [0.29, 0.717) is 0 Å². The van der Waals surface area contributed by atoms with Crippen molar-refractivity contribution in [1.29, 1.82) is 0 Å². The zero-order valence-corrected chi connectivity index (χ0v) is 10.9. The summed E-state index contributed by atoms with van der Waals surface area (Å²) in [6.07, 6.45) is 1.13. The fourth-order valence-corrected chi connectivity index (χ4v) is 3.20. The average molecular weight is 270 g/mol. The van der Waals surface area contributed by atoms with E-state index in [0.717, 1.165) is 6.42 Å². The maximum absolute atomic E-state index is 2.28. The Morgan fingerprint density at radius 1 is 0.933 bits per heavy atom. The van der Waals surface area contributed by atoms with Gasteiger partial charge in [-0.15, -0.1) is 0 Å². The Hall–Kier alpha value is -0.677. The first kappa shape index (κ1) is 9.54. The predicted octanol–water partition coefficient (Wildman–Crippen LogP) is 3.30. The van der Waals surface area contributed by atoms with E-state index in [4.69, 9.17) is 0 Å². The summed E-state index contributed by atoms with van der Waals surface area (Å²) in [5.74, 6) is 0. The molecule has 0 saturated heterocycles. The first-order valence-electron chi connectivity index (χ1n) is 5.24. The third-order valence-corrected chi connectivity index (χ3v) is 4.07. The van der Waals surface area contributed by atoms with Gasteiger partial charge in [0.15, 0.2) is 0 Å². The number of benzene rings is 2. The first-order chi connectivity index (χ1) is 7.40. The van der Waals surface area contributed by atoms with Crippen LogP contribution in [0.4, 0.5) is 0 Å². The standard InChI is InChI=1S/C14H11.Zr/c1-10-5-4-8-13-12-7-3-2-6-11(12)9-14(10)13;/h2-8H,1,9H2;. The molecule has 0 aliphatic heterocycles. The summed E-state index contributed by atoms with van der Waals surface area (Å²) in [5.41, 5.74) is 7.51. The zero-order valence-electron chi connectivity index (χ0n) is 8.46. The van der Waals surface area contributed by atoms with Crippen molar-refractivity contribution in [3.63, 3.8) is 0 Å². The van der Waals surface area contributed by atoms with Gasteiger partial charge in [0.2, 0.25) is 0 Å². The molecule has 15 heavy (non-hydrogen) atoms. The van der Waals surface area contributed by atoms with Crippen molar-refractivity contribution in [3.05, 3.63) is 59.2 Å². The monoisotopic (exact) mass is 269 g/mol. The molecule has 0 radical (unpaired) electrons. The second-order valence-electron chi connectivity index (χ2n) is 3.95. The van der Waals surface area contributed by atoms with Crippen LogP contribution in [-0.2, 0) is 35.3 Å². The summed E-state index contributed by atoms with van der Waals surface area (Å²) in [5, 5.41) is 0. The number of rotatable bonds is 1. The van der Waals surface area contributed by atoms with Crippen molar-refractivity contribution < 1.29 is 24.7 Å². The summed E-state index contributed by atoms with van der Waals surface area (Å²) < 4.78 is 1.23. The molecule has 0 fully saturated rings. The fraction of sp³-hybridized carbons (Fsp3) is 0.143. The van der Waals surface area contributed by atoms with E-state index in [9.17, 15) is 0 Å². The minimum absolute atomic E-state index is 1.13. The molecule has 0 nitrogen and oxygen atoms in total. The van der Waals surface area contributed by atoms with Gasteiger partial charge in [0.25, 0.3) is 0 Å². The number of hydrogen-bond donors (Lipinski definition) is 0. The molecule has 0 bridgehead atoms. The third kappa shape index (κ3) is 1.45. The molecule has 1 aliphatic carbocycles. The predicted molar refractivity (Wildman–Crippen MR) is 58.4 cm³/mol. The molecule has 2 aromatic carbocycles. The molecule has 0 heterocycles. The Morgan fingerprint density at radius 2 is 1.73 bits per heavy atom. The van der Waals surface area contributed by atoms with Crippen LogP contribution in [0, 0.1) is 0 Å². The van der Waals surface area contributed by atoms with Crippen molar-refractivity contribution in [1.82, 2.24) is 0 Å². The molecule has 2 aromatic rings. The summed E-state index contributed by atoms with van der Waals surface area (Å²) in [6, 6.07) is 15.5. The van der Waals surface area contributed by atoms with Crippen LogP contribution in [0.1, 0.15) is 16.7 Å². The Morgan fingerprint density at radius 3 is 2.60 bits per heavy atom. The number of fused-ring (bicyclic) bond motifs is 3. The van der Waals surface area contributed by atoms with Gasteiger partial charge in [-0.1, -0.05) is 0 Å². The van der Waals surface area contributed by atoms with Crippen LogP contribution in [0.15, 0.2) is 42.5 Å². The van der Waals surface area contributed by atoms with Gasteiger partial charge in [-0.3, -0.25) is 0 Å². The van der Waals surface area contributed by atoms with Gasteiger partial charge in [0.05, 0.1) is 0 Å². The van der Waals surface area contributed by atoms with E-state index >= 15 is 0 Å². The van der Waals surface area contributed by atoms with E-state index in [2.05, 4.69) is 42.5 Å². The molecule has 0 atom stereocenters. The van der Waals surface area contributed by atoms with E-state index < -0.39 is 0 Å². The molecule has 0 amide bonds. The van der Waals surface area contributed by atoms with Crippen LogP contribution < -0.4 is 0 Å². The minimum atomic E-state index is 1.13. The maximum atomic E-state index is 2.28. The topological polar surface area (TPSA) is 0 Å². The van der Waals surface area contributed by atoms with Gasteiger partial charge in [-0.2, -0.15) is 0 Å². The van der Waals surface area contributed by atoms with Crippen LogP contribution in [0.3, 0.4) is 0 Å². The van der Waals surface area contributed by atoms with Gasteiger partial charge in [0, 0.05) is 0 Å². The van der Waals surface area contributed by atoms with Crippen LogP contribution in [0.5, 0.6) is 0 Å². The van der Waals surface area contributed by atoms with Gasteiger partial charge in [-0.25, -0.2) is 0 Å². The van der Waals surface area contributed by atoms with E-state index in [1.165, 1.54) is 20.8 Å². The second-order valence-corrected chi connectivity index (χ2v) is 4.82. The Labute approximate surface area is 105 Å². The van der Waals surface area contributed by atoms with Crippen molar-refractivity contribution in [2.24, 2.45) is 0 Å². The van der Waals surface area contributed by atoms with Crippen LogP contribution in [0.25, 0.3) is 11.1 Å². The summed E-state index contributed by atoms with van der Waals surface area (Å²) >= 11 is 1.60. The molecule has 71 valence electrons. The van der Waals surface area contributed by atoms with Gasteiger partial charge in [-0.05, 0) is 0 Å². The molecule has 0 saturated carbocycles. The van der Waals surface area contributed by atoms with E-state index in [-0.39, 0.29) is 0 Å². The van der Waals surface area contributed by atoms with Gasteiger partial charge < -0.3 is 0 Å². The molecular formula is C14H11Zr. The Kier molecular flexibility index (Phi) is 2.37. The van der Waals surface area contributed by atoms with Crippen LogP contribution in [-0.4, -0.2) is 0 Å². The van der Waals surface area contributed by atoms with Crippen molar-refractivity contribution in [3.8, 4) is 11.1 Å². The van der Waals surface area contributed by atoms with Gasteiger partial charge >= 0.3 is 106 Å². The Bertz CT molecular complexity index is 514. The quantitative estimate of drug-likeness (QED) is 0.636. The van der Waals surface area contributed by atoms with E-state index in [1.54, 1.807) is 35.8 Å². The number of hydrogen-bond acceptors (Lipinski definition) is 0. The summed E-state index contributed by atoms with van der Waals surface area (Å²) in [6.45, 7) is 0. The molecule has 1 heteroatoms. The summed E-state index contributed by atoms with van der Waals surface area (Å²) in [4.78, 5) is 0. The van der Waals surface area contributed by atoms with Crippen LogP contribution >= 0.6 is 0 Å². The molecular weight excluding hydrogens is 259 g/mol. The SMILES string of the molecule is [Zr][CH2]c1cccc2c1Cc1ccccc1-2. The molecule has 1 aliphatic rings. The summed E-state index contributed by atoms with van der Waals surface area (Å²) in [7, 11) is 0. The molecule has 0 N–H and O–H groups in total. The van der Waals surface area contributed by atoms with Crippen molar-refractivity contribution in [2.75, 3.05) is 0 Å².